The fourth-order valence-corrected chi connectivity index (χ4v) is 2.12. The van der Waals surface area contributed by atoms with Crippen LogP contribution >= 0.6 is 0 Å². The van der Waals surface area contributed by atoms with Gasteiger partial charge in [-0.2, -0.15) is 0 Å². The molecule has 3 atom stereocenters. The van der Waals surface area contributed by atoms with Gasteiger partial charge in [0.2, 0.25) is 0 Å². The third kappa shape index (κ3) is 6.19. The van der Waals surface area contributed by atoms with Crippen LogP contribution in [0.4, 0.5) is 0 Å². The Hall–Kier alpha value is -0.900. The number of aliphatic hydroxyl groups is 1. The van der Waals surface area contributed by atoms with Gasteiger partial charge in [0.1, 0.15) is 6.10 Å². The Morgan fingerprint density at radius 2 is 2.00 bits per heavy atom. The third-order valence-corrected chi connectivity index (χ3v) is 3.23. The van der Waals surface area contributed by atoms with Crippen molar-refractivity contribution >= 4 is 0 Å². The number of hydrogen-bond donors (Lipinski definition) is 1. The summed E-state index contributed by atoms with van der Waals surface area (Å²) in [7, 11) is 1.63. The molecule has 3 nitrogen and oxygen atoms in total. The topological polar surface area (TPSA) is 38.7 Å². The van der Waals surface area contributed by atoms with Crippen molar-refractivity contribution in [3.05, 3.63) is 36.0 Å². The van der Waals surface area contributed by atoms with E-state index in [0.29, 0.717) is 13.2 Å². The second-order valence-electron chi connectivity index (χ2n) is 5.06. The normalized spacial score (nSPS) is 30.7. The first kappa shape index (κ1) is 16.2. The highest BCUT2D eigenvalue weighted by Gasteiger charge is 2.21. The molecule has 3 heteroatoms. The van der Waals surface area contributed by atoms with E-state index in [4.69, 9.17) is 9.47 Å². The van der Waals surface area contributed by atoms with Crippen molar-refractivity contribution in [3.63, 3.8) is 0 Å². The zero-order valence-electron chi connectivity index (χ0n) is 12.2. The summed E-state index contributed by atoms with van der Waals surface area (Å²) in [6.45, 7) is 5.28. The summed E-state index contributed by atoms with van der Waals surface area (Å²) in [5.74, 6) is 0.0386. The first-order valence-corrected chi connectivity index (χ1v) is 6.92. The molecule has 0 aromatic rings. The molecule has 1 aliphatic rings. The van der Waals surface area contributed by atoms with Crippen molar-refractivity contribution in [1.82, 2.24) is 0 Å². The maximum atomic E-state index is 10.3. The molecule has 1 rings (SSSR count). The summed E-state index contributed by atoms with van der Waals surface area (Å²) in [6.07, 6.45) is 11.4. The number of ether oxygens (including phenoxy) is 2. The molecule has 0 amide bonds. The first-order chi connectivity index (χ1) is 9.15. The summed E-state index contributed by atoms with van der Waals surface area (Å²) in [5.41, 5.74) is 1.14. The van der Waals surface area contributed by atoms with Crippen molar-refractivity contribution in [2.75, 3.05) is 20.3 Å². The highest BCUT2D eigenvalue weighted by atomic mass is 16.5. The number of methoxy groups -OCH3 is 1. The number of hydrogen-bond acceptors (Lipinski definition) is 3. The highest BCUT2D eigenvalue weighted by Crippen LogP contribution is 2.15. The summed E-state index contributed by atoms with van der Waals surface area (Å²) in [6, 6.07) is 0. The minimum Gasteiger partial charge on any atom is -0.389 e. The van der Waals surface area contributed by atoms with Crippen LogP contribution < -0.4 is 0 Å². The minimum absolute atomic E-state index is 0.0386. The largest absolute Gasteiger partial charge is 0.389 e. The quantitative estimate of drug-likeness (QED) is 0.742. The van der Waals surface area contributed by atoms with Crippen molar-refractivity contribution in [1.29, 1.82) is 0 Å². The molecule has 19 heavy (non-hydrogen) atoms. The highest BCUT2D eigenvalue weighted by molar-refractivity contribution is 5.06. The molecular formula is C16H26O3. The number of rotatable bonds is 1. The molecule has 0 aliphatic carbocycles. The van der Waals surface area contributed by atoms with Crippen LogP contribution in [0, 0.1) is 5.92 Å². The van der Waals surface area contributed by atoms with E-state index in [1.807, 2.05) is 19.9 Å². The average molecular weight is 266 g/mol. The minimum atomic E-state index is -0.533. The number of aliphatic hydroxyl groups excluding tert-OH is 1. The molecule has 108 valence electrons. The van der Waals surface area contributed by atoms with Crippen LogP contribution in [0.2, 0.25) is 0 Å². The van der Waals surface area contributed by atoms with E-state index in [2.05, 4.69) is 24.3 Å². The Bertz CT molecular complexity index is 331. The lowest BCUT2D eigenvalue weighted by molar-refractivity contribution is -0.00198. The van der Waals surface area contributed by atoms with Gasteiger partial charge in [-0.1, -0.05) is 42.9 Å². The maximum Gasteiger partial charge on any atom is 0.102 e. The molecule has 0 saturated heterocycles. The molecule has 0 aromatic heterocycles. The van der Waals surface area contributed by atoms with Gasteiger partial charge >= 0.3 is 0 Å². The lowest BCUT2D eigenvalue weighted by atomic mass is 9.96. The average Bonchev–Trinajstić information content (AvgIpc) is 2.39. The molecule has 0 saturated carbocycles. The zero-order chi connectivity index (χ0) is 14.1. The van der Waals surface area contributed by atoms with Crippen molar-refractivity contribution in [2.24, 2.45) is 5.92 Å². The fourth-order valence-electron chi connectivity index (χ4n) is 2.12. The fraction of sp³-hybridized carbons (Fsp3) is 0.625. The van der Waals surface area contributed by atoms with Gasteiger partial charge in [0.05, 0.1) is 19.3 Å². The van der Waals surface area contributed by atoms with E-state index in [9.17, 15) is 5.11 Å². The van der Waals surface area contributed by atoms with Crippen molar-refractivity contribution in [2.45, 2.75) is 38.9 Å². The van der Waals surface area contributed by atoms with Crippen LogP contribution in [0.3, 0.4) is 0 Å². The Morgan fingerprint density at radius 3 is 2.74 bits per heavy atom. The zero-order valence-corrected chi connectivity index (χ0v) is 12.2. The van der Waals surface area contributed by atoms with Gasteiger partial charge in [0.25, 0.3) is 0 Å². The van der Waals surface area contributed by atoms with E-state index in [1.165, 1.54) is 0 Å². The molecule has 0 radical (unpaired) electrons. The van der Waals surface area contributed by atoms with E-state index in [0.717, 1.165) is 18.4 Å². The molecule has 1 heterocycles. The van der Waals surface area contributed by atoms with Crippen LogP contribution in [0.5, 0.6) is 0 Å². The van der Waals surface area contributed by atoms with Crippen LogP contribution in [-0.4, -0.2) is 37.6 Å². The Kier molecular flexibility index (Phi) is 7.72. The second-order valence-corrected chi connectivity index (χ2v) is 5.06. The molecule has 0 spiro atoms. The molecule has 0 bridgehead atoms. The first-order valence-electron chi connectivity index (χ1n) is 6.92. The second kappa shape index (κ2) is 9.08. The molecule has 0 aromatic carbocycles. The third-order valence-electron chi connectivity index (χ3n) is 3.23. The van der Waals surface area contributed by atoms with E-state index in [-0.39, 0.29) is 12.0 Å². The summed E-state index contributed by atoms with van der Waals surface area (Å²) >= 11 is 0. The van der Waals surface area contributed by atoms with Crippen LogP contribution in [0.15, 0.2) is 36.0 Å². The molecule has 1 N–H and O–H groups in total. The van der Waals surface area contributed by atoms with Crippen LogP contribution in [-0.2, 0) is 9.47 Å². The maximum absolute atomic E-state index is 10.3. The smallest absolute Gasteiger partial charge is 0.102 e. The Balaban J connectivity index is 2.77. The lowest BCUT2D eigenvalue weighted by Crippen LogP contribution is -2.31. The standard InChI is InChI=1S/C16H26O3/c1-13-11-14(2)16(17)15(18-3)9-7-5-4-6-8-10-19-12-13/h6-9,11,14-17H,4-5,10,12H2,1-3H3. The van der Waals surface area contributed by atoms with Gasteiger partial charge < -0.3 is 14.6 Å². The van der Waals surface area contributed by atoms with Gasteiger partial charge in [-0.3, -0.25) is 0 Å². The SMILES string of the molecule is COC1C=CCCC=CCOCC(C)=CC(C)C1O. The van der Waals surface area contributed by atoms with E-state index in [1.54, 1.807) is 7.11 Å². The van der Waals surface area contributed by atoms with Gasteiger partial charge in [-0.05, 0) is 19.8 Å². The van der Waals surface area contributed by atoms with Crippen LogP contribution in [0.25, 0.3) is 0 Å². The van der Waals surface area contributed by atoms with Crippen molar-refractivity contribution in [3.8, 4) is 0 Å². The molecule has 3 unspecified atom stereocenters. The summed E-state index contributed by atoms with van der Waals surface area (Å²) in [4.78, 5) is 0. The van der Waals surface area contributed by atoms with E-state index < -0.39 is 6.10 Å². The monoisotopic (exact) mass is 266 g/mol. The Labute approximate surface area is 116 Å². The predicted molar refractivity (Wildman–Crippen MR) is 78.1 cm³/mol. The molecular weight excluding hydrogens is 240 g/mol. The van der Waals surface area contributed by atoms with Gasteiger partial charge in [-0.25, -0.2) is 0 Å². The van der Waals surface area contributed by atoms with Gasteiger partial charge in [0.15, 0.2) is 0 Å². The Morgan fingerprint density at radius 1 is 1.26 bits per heavy atom. The molecule has 0 fully saturated rings. The van der Waals surface area contributed by atoms with Crippen molar-refractivity contribution < 1.29 is 14.6 Å². The predicted octanol–water partition coefficient (Wildman–Crippen LogP) is 2.87. The summed E-state index contributed by atoms with van der Waals surface area (Å²) < 4.78 is 10.9. The van der Waals surface area contributed by atoms with Crippen LogP contribution in [0.1, 0.15) is 26.7 Å². The molecule has 1 aliphatic heterocycles. The van der Waals surface area contributed by atoms with Gasteiger partial charge in [-0.15, -0.1) is 0 Å². The lowest BCUT2D eigenvalue weighted by Gasteiger charge is -2.23. The van der Waals surface area contributed by atoms with Gasteiger partial charge in [0, 0.05) is 13.0 Å². The van der Waals surface area contributed by atoms with E-state index >= 15 is 0 Å². The number of allylic oxidation sites excluding steroid dienone is 2. The summed E-state index contributed by atoms with van der Waals surface area (Å²) in [5, 5.41) is 10.3.